The first-order valence-electron chi connectivity index (χ1n) is 7.61. The van der Waals surface area contributed by atoms with Crippen LogP contribution in [0.1, 0.15) is 28.8 Å². The minimum Gasteiger partial charge on any atom is -0.313 e. The van der Waals surface area contributed by atoms with Gasteiger partial charge in [0.25, 0.3) is 0 Å². The zero-order valence-electron chi connectivity index (χ0n) is 12.6. The van der Waals surface area contributed by atoms with Crippen LogP contribution in [-0.4, -0.2) is 4.57 Å². The van der Waals surface area contributed by atoms with Crippen molar-refractivity contribution in [2.75, 3.05) is 0 Å². The fourth-order valence-electron chi connectivity index (χ4n) is 3.55. The Balaban J connectivity index is 2.11. The van der Waals surface area contributed by atoms with Crippen LogP contribution in [0.3, 0.4) is 0 Å². The molecule has 0 atom stereocenters. The molecule has 0 N–H and O–H groups in total. The molecular formula is C20H19N. The highest BCUT2D eigenvalue weighted by Gasteiger charge is 2.18. The van der Waals surface area contributed by atoms with Gasteiger partial charge in [-0.3, -0.25) is 0 Å². The third-order valence-corrected chi connectivity index (χ3v) is 4.31. The summed E-state index contributed by atoms with van der Waals surface area (Å²) >= 11 is 0. The van der Waals surface area contributed by atoms with E-state index in [0.29, 0.717) is 0 Å². The fourth-order valence-corrected chi connectivity index (χ4v) is 3.55. The maximum Gasteiger partial charge on any atom is 0.0537 e. The van der Waals surface area contributed by atoms with Gasteiger partial charge in [0, 0.05) is 22.3 Å². The van der Waals surface area contributed by atoms with Crippen LogP contribution in [-0.2, 0) is 6.42 Å². The molecule has 1 heterocycles. The molecule has 104 valence electrons. The number of hydrogen-bond donors (Lipinski definition) is 0. The van der Waals surface area contributed by atoms with E-state index in [2.05, 4.69) is 73.0 Å². The van der Waals surface area contributed by atoms with E-state index in [1.165, 1.54) is 39.0 Å². The topological polar surface area (TPSA) is 4.93 Å². The summed E-state index contributed by atoms with van der Waals surface area (Å²) in [4.78, 5) is 0. The zero-order valence-corrected chi connectivity index (χ0v) is 12.6. The van der Waals surface area contributed by atoms with E-state index in [1.807, 2.05) is 0 Å². The highest BCUT2D eigenvalue weighted by atomic mass is 15.0. The van der Waals surface area contributed by atoms with Gasteiger partial charge in [-0.1, -0.05) is 36.4 Å². The van der Waals surface area contributed by atoms with Crippen LogP contribution >= 0.6 is 0 Å². The van der Waals surface area contributed by atoms with Crippen LogP contribution in [0.15, 0.2) is 48.5 Å². The van der Waals surface area contributed by atoms with Crippen LogP contribution in [0.4, 0.5) is 0 Å². The van der Waals surface area contributed by atoms with Crippen LogP contribution in [0.5, 0.6) is 0 Å². The molecule has 1 aromatic heterocycles. The number of benzene rings is 2. The summed E-state index contributed by atoms with van der Waals surface area (Å²) in [5.74, 6) is 0. The van der Waals surface area contributed by atoms with Gasteiger partial charge in [0.2, 0.25) is 0 Å². The number of para-hydroxylation sites is 1. The Morgan fingerprint density at radius 1 is 0.952 bits per heavy atom. The third-order valence-electron chi connectivity index (χ3n) is 4.31. The molecule has 21 heavy (non-hydrogen) atoms. The Hall–Kier alpha value is -2.28. The number of aryl methyl sites for hydroxylation is 2. The van der Waals surface area contributed by atoms with Crippen molar-refractivity contribution >= 4 is 17.0 Å². The molecule has 0 radical (unpaired) electrons. The molecule has 1 heteroatoms. The number of aromatic nitrogens is 1. The van der Waals surface area contributed by atoms with Crippen molar-refractivity contribution in [3.05, 3.63) is 70.9 Å². The van der Waals surface area contributed by atoms with E-state index >= 15 is 0 Å². The first-order chi connectivity index (χ1) is 10.2. The Bertz CT molecular complexity index is 845. The lowest BCUT2D eigenvalue weighted by Gasteiger charge is -2.14. The van der Waals surface area contributed by atoms with Crippen LogP contribution in [0.25, 0.3) is 22.7 Å². The summed E-state index contributed by atoms with van der Waals surface area (Å²) in [5.41, 5.74) is 8.10. The monoisotopic (exact) mass is 273 g/mol. The highest BCUT2D eigenvalue weighted by molar-refractivity contribution is 5.93. The predicted octanol–water partition coefficient (Wildman–Crippen LogP) is 5.21. The van der Waals surface area contributed by atoms with Gasteiger partial charge < -0.3 is 4.57 Å². The number of fused-ring (bicyclic) bond motifs is 3. The van der Waals surface area contributed by atoms with E-state index in [0.717, 1.165) is 12.8 Å². The maximum atomic E-state index is 2.45. The lowest BCUT2D eigenvalue weighted by molar-refractivity contribution is 0.887. The van der Waals surface area contributed by atoms with E-state index < -0.39 is 0 Å². The van der Waals surface area contributed by atoms with Crippen molar-refractivity contribution in [2.45, 2.75) is 26.7 Å². The summed E-state index contributed by atoms with van der Waals surface area (Å²) in [6.07, 6.45) is 6.84. The summed E-state index contributed by atoms with van der Waals surface area (Å²) in [7, 11) is 0. The van der Waals surface area contributed by atoms with Crippen molar-refractivity contribution < 1.29 is 0 Å². The first-order valence-corrected chi connectivity index (χ1v) is 7.61. The molecule has 0 aliphatic heterocycles. The smallest absolute Gasteiger partial charge is 0.0537 e. The molecule has 0 unspecified atom stereocenters. The minimum atomic E-state index is 1.12. The standard InChI is InChI=1S/C20H19N/c1-14-11-15(2)13-16(12-14)21-19-9-5-3-7-17(19)18-8-4-6-10-20(18)21/h3-5,7-9,11-13H,6,10H2,1-2H3. The summed E-state index contributed by atoms with van der Waals surface area (Å²) in [6.45, 7) is 4.35. The van der Waals surface area contributed by atoms with Crippen molar-refractivity contribution in [3.8, 4) is 5.69 Å². The second kappa shape index (κ2) is 4.63. The number of rotatable bonds is 1. The Morgan fingerprint density at radius 3 is 2.52 bits per heavy atom. The molecule has 3 aromatic rings. The van der Waals surface area contributed by atoms with E-state index in [-0.39, 0.29) is 0 Å². The molecule has 0 spiro atoms. The Morgan fingerprint density at radius 2 is 1.71 bits per heavy atom. The first kappa shape index (κ1) is 12.5. The molecule has 1 nitrogen and oxygen atoms in total. The molecule has 0 saturated carbocycles. The van der Waals surface area contributed by atoms with Gasteiger partial charge in [0.1, 0.15) is 0 Å². The van der Waals surface area contributed by atoms with Gasteiger partial charge in [-0.15, -0.1) is 0 Å². The van der Waals surface area contributed by atoms with Crippen molar-refractivity contribution in [3.63, 3.8) is 0 Å². The van der Waals surface area contributed by atoms with Crippen molar-refractivity contribution in [2.24, 2.45) is 0 Å². The summed E-state index contributed by atoms with van der Waals surface area (Å²) in [6, 6.07) is 15.6. The average molecular weight is 273 g/mol. The fraction of sp³-hybridized carbons (Fsp3) is 0.200. The predicted molar refractivity (Wildman–Crippen MR) is 90.1 cm³/mol. The van der Waals surface area contributed by atoms with Crippen molar-refractivity contribution in [1.82, 2.24) is 4.57 Å². The summed E-state index contributed by atoms with van der Waals surface area (Å²) < 4.78 is 2.45. The van der Waals surface area contributed by atoms with Crippen LogP contribution in [0.2, 0.25) is 0 Å². The molecule has 0 saturated heterocycles. The minimum absolute atomic E-state index is 1.12. The highest BCUT2D eigenvalue weighted by Crippen LogP contribution is 2.34. The lowest BCUT2D eigenvalue weighted by atomic mass is 10.0. The van der Waals surface area contributed by atoms with E-state index in [1.54, 1.807) is 0 Å². The molecule has 4 rings (SSSR count). The quantitative estimate of drug-likeness (QED) is 0.574. The summed E-state index contributed by atoms with van der Waals surface area (Å²) in [5, 5.41) is 1.36. The molecule has 1 aliphatic rings. The normalized spacial score (nSPS) is 13.6. The van der Waals surface area contributed by atoms with Crippen LogP contribution < -0.4 is 0 Å². The van der Waals surface area contributed by atoms with E-state index in [4.69, 9.17) is 0 Å². The SMILES string of the molecule is Cc1cc(C)cc(-n2c3c(c4ccccc42)C=CCC3)c1. The molecule has 0 fully saturated rings. The molecule has 0 amide bonds. The molecule has 2 aromatic carbocycles. The van der Waals surface area contributed by atoms with Gasteiger partial charge in [-0.05, 0) is 56.0 Å². The van der Waals surface area contributed by atoms with Gasteiger partial charge in [-0.25, -0.2) is 0 Å². The van der Waals surface area contributed by atoms with Gasteiger partial charge >= 0.3 is 0 Å². The van der Waals surface area contributed by atoms with Gasteiger partial charge in [0.05, 0.1) is 5.52 Å². The third kappa shape index (κ3) is 1.92. The Kier molecular flexibility index (Phi) is 2.75. The maximum absolute atomic E-state index is 2.45. The number of allylic oxidation sites excluding steroid dienone is 1. The van der Waals surface area contributed by atoms with E-state index in [9.17, 15) is 0 Å². The second-order valence-electron chi connectivity index (χ2n) is 6.00. The van der Waals surface area contributed by atoms with Gasteiger partial charge in [0.15, 0.2) is 0 Å². The zero-order chi connectivity index (χ0) is 14.4. The average Bonchev–Trinajstić information content (AvgIpc) is 2.81. The second-order valence-corrected chi connectivity index (χ2v) is 6.00. The van der Waals surface area contributed by atoms with Crippen molar-refractivity contribution in [1.29, 1.82) is 0 Å². The molecular weight excluding hydrogens is 254 g/mol. The van der Waals surface area contributed by atoms with Gasteiger partial charge in [-0.2, -0.15) is 0 Å². The number of hydrogen-bond acceptors (Lipinski definition) is 0. The molecule has 1 aliphatic carbocycles. The Labute approximate surface area is 125 Å². The largest absolute Gasteiger partial charge is 0.313 e. The lowest BCUT2D eigenvalue weighted by Crippen LogP contribution is -2.03. The van der Waals surface area contributed by atoms with Crippen LogP contribution in [0, 0.1) is 13.8 Å². The molecule has 0 bridgehead atoms. The number of nitrogens with zero attached hydrogens (tertiary/aromatic N) is 1.